The maximum Gasteiger partial charge on any atom is 0.230 e. The maximum atomic E-state index is 12.9. The lowest BCUT2D eigenvalue weighted by Crippen LogP contribution is -2.32. The smallest absolute Gasteiger partial charge is 0.230 e. The summed E-state index contributed by atoms with van der Waals surface area (Å²) in [5.74, 6) is -0.645. The predicted octanol–water partition coefficient (Wildman–Crippen LogP) is 2.41. The number of ether oxygens (including phenoxy) is 1. The molecular weight excluding hydrogens is 247 g/mol. The van der Waals surface area contributed by atoms with Gasteiger partial charge in [-0.1, -0.05) is 6.92 Å². The molecule has 2 rings (SSSR count). The van der Waals surface area contributed by atoms with Gasteiger partial charge in [0.05, 0.1) is 29.5 Å². The molecule has 4 nitrogen and oxygen atoms in total. The van der Waals surface area contributed by atoms with Gasteiger partial charge < -0.3 is 15.8 Å². The molecule has 5 heteroatoms. The van der Waals surface area contributed by atoms with Gasteiger partial charge in [0.15, 0.2) is 0 Å². The van der Waals surface area contributed by atoms with Gasteiger partial charge in [0.25, 0.3) is 0 Å². The van der Waals surface area contributed by atoms with Crippen molar-refractivity contribution in [2.45, 2.75) is 33.0 Å². The number of benzene rings is 1. The number of anilines is 2. The van der Waals surface area contributed by atoms with Crippen molar-refractivity contribution in [3.8, 4) is 0 Å². The molecule has 4 atom stereocenters. The summed E-state index contributed by atoms with van der Waals surface area (Å²) >= 11 is 0. The number of rotatable bonds is 2. The summed E-state index contributed by atoms with van der Waals surface area (Å²) in [6, 6.07) is 3.93. The standard InChI is InChI=1S/C14H19FN2O2/c1-7-8(2)19-9(3)13(7)14(18)17-12-5-4-10(15)6-11(12)16/h4-9,13H,16H2,1-3H3,(H,17,18). The molecule has 4 unspecified atom stereocenters. The Hall–Kier alpha value is -1.62. The Morgan fingerprint density at radius 1 is 1.32 bits per heavy atom. The SMILES string of the molecule is CC1OC(C)C(C(=O)Nc2ccc(F)cc2N)C1C. The predicted molar refractivity (Wildman–Crippen MR) is 72.1 cm³/mol. The van der Waals surface area contributed by atoms with Crippen LogP contribution in [0.25, 0.3) is 0 Å². The van der Waals surface area contributed by atoms with E-state index in [2.05, 4.69) is 5.32 Å². The fraction of sp³-hybridized carbons (Fsp3) is 0.500. The Kier molecular flexibility index (Phi) is 3.75. The quantitative estimate of drug-likeness (QED) is 0.808. The van der Waals surface area contributed by atoms with E-state index < -0.39 is 5.82 Å². The molecule has 1 aliphatic heterocycles. The summed E-state index contributed by atoms with van der Waals surface area (Å²) in [6.07, 6.45) is -0.0806. The number of carbonyl (C=O) groups is 1. The number of carbonyl (C=O) groups excluding carboxylic acids is 1. The van der Waals surface area contributed by atoms with E-state index in [4.69, 9.17) is 10.5 Å². The zero-order valence-corrected chi connectivity index (χ0v) is 11.3. The van der Waals surface area contributed by atoms with Crippen molar-refractivity contribution in [2.24, 2.45) is 11.8 Å². The van der Waals surface area contributed by atoms with E-state index in [1.807, 2.05) is 20.8 Å². The topological polar surface area (TPSA) is 64.3 Å². The van der Waals surface area contributed by atoms with E-state index in [-0.39, 0.29) is 35.6 Å². The third-order valence-electron chi connectivity index (χ3n) is 3.82. The molecule has 0 aliphatic carbocycles. The molecule has 1 aromatic rings. The van der Waals surface area contributed by atoms with Crippen LogP contribution >= 0.6 is 0 Å². The van der Waals surface area contributed by atoms with E-state index in [1.54, 1.807) is 0 Å². The highest BCUT2D eigenvalue weighted by atomic mass is 19.1. The summed E-state index contributed by atoms with van der Waals surface area (Å²) in [5, 5.41) is 2.75. The van der Waals surface area contributed by atoms with Gasteiger partial charge in [-0.2, -0.15) is 0 Å². The summed E-state index contributed by atoms with van der Waals surface area (Å²) in [5.41, 5.74) is 6.34. The molecule has 1 saturated heterocycles. The Morgan fingerprint density at radius 3 is 2.53 bits per heavy atom. The molecule has 104 valence electrons. The number of nitrogen functional groups attached to an aromatic ring is 1. The van der Waals surface area contributed by atoms with Gasteiger partial charge in [0, 0.05) is 0 Å². The second kappa shape index (κ2) is 5.17. The monoisotopic (exact) mass is 266 g/mol. The van der Waals surface area contributed by atoms with Crippen LogP contribution in [0.15, 0.2) is 18.2 Å². The molecule has 0 bridgehead atoms. The average molecular weight is 266 g/mol. The number of hydrogen-bond donors (Lipinski definition) is 2. The average Bonchev–Trinajstić information content (AvgIpc) is 2.57. The molecule has 1 heterocycles. The summed E-state index contributed by atoms with van der Waals surface area (Å²) in [6.45, 7) is 5.84. The third kappa shape index (κ3) is 2.71. The van der Waals surface area contributed by atoms with Crippen LogP contribution < -0.4 is 11.1 Å². The molecule has 1 aliphatic rings. The van der Waals surface area contributed by atoms with E-state index in [0.29, 0.717) is 5.69 Å². The molecule has 3 N–H and O–H groups in total. The summed E-state index contributed by atoms with van der Waals surface area (Å²) in [7, 11) is 0. The molecule has 1 amide bonds. The second-order valence-electron chi connectivity index (χ2n) is 5.15. The van der Waals surface area contributed by atoms with Crippen LogP contribution in [0, 0.1) is 17.7 Å². The van der Waals surface area contributed by atoms with Crippen molar-refractivity contribution < 1.29 is 13.9 Å². The first-order valence-corrected chi connectivity index (χ1v) is 6.41. The van der Waals surface area contributed by atoms with Gasteiger partial charge in [0.2, 0.25) is 5.91 Å². The minimum absolute atomic E-state index is 0.0521. The van der Waals surface area contributed by atoms with E-state index in [9.17, 15) is 9.18 Å². The minimum Gasteiger partial charge on any atom is -0.397 e. The molecule has 1 aromatic carbocycles. The fourth-order valence-electron chi connectivity index (χ4n) is 2.58. The maximum absolute atomic E-state index is 12.9. The first-order chi connectivity index (χ1) is 8.90. The summed E-state index contributed by atoms with van der Waals surface area (Å²) < 4.78 is 18.6. The molecule has 19 heavy (non-hydrogen) atoms. The Bertz CT molecular complexity index is 492. The lowest BCUT2D eigenvalue weighted by Gasteiger charge is -2.18. The van der Waals surface area contributed by atoms with Crippen molar-refractivity contribution in [3.05, 3.63) is 24.0 Å². The van der Waals surface area contributed by atoms with Gasteiger partial charge in [-0.15, -0.1) is 0 Å². The molecule has 1 fully saturated rings. The zero-order chi connectivity index (χ0) is 14.2. The number of halogens is 1. The van der Waals surface area contributed by atoms with Crippen LogP contribution in [-0.2, 0) is 9.53 Å². The van der Waals surface area contributed by atoms with E-state index >= 15 is 0 Å². The zero-order valence-electron chi connectivity index (χ0n) is 11.3. The van der Waals surface area contributed by atoms with Gasteiger partial charge in [-0.25, -0.2) is 4.39 Å². The van der Waals surface area contributed by atoms with Crippen LogP contribution in [-0.4, -0.2) is 18.1 Å². The largest absolute Gasteiger partial charge is 0.397 e. The van der Waals surface area contributed by atoms with Crippen LogP contribution in [0.5, 0.6) is 0 Å². The first-order valence-electron chi connectivity index (χ1n) is 6.41. The highest BCUT2D eigenvalue weighted by Crippen LogP contribution is 2.33. The number of hydrogen-bond acceptors (Lipinski definition) is 3. The summed E-state index contributed by atoms with van der Waals surface area (Å²) in [4.78, 5) is 12.3. The molecule has 0 radical (unpaired) electrons. The van der Waals surface area contributed by atoms with E-state index in [0.717, 1.165) is 0 Å². The molecule has 0 spiro atoms. The molecule has 0 saturated carbocycles. The number of nitrogens with one attached hydrogen (secondary N) is 1. The normalized spacial score (nSPS) is 30.3. The second-order valence-corrected chi connectivity index (χ2v) is 5.15. The van der Waals surface area contributed by atoms with Gasteiger partial charge >= 0.3 is 0 Å². The minimum atomic E-state index is -0.421. The Labute approximate surface area is 112 Å². The van der Waals surface area contributed by atoms with Crippen LogP contribution in [0.2, 0.25) is 0 Å². The number of amides is 1. The van der Waals surface area contributed by atoms with Gasteiger partial charge in [-0.05, 0) is 38.0 Å². The van der Waals surface area contributed by atoms with Gasteiger partial charge in [-0.3, -0.25) is 4.79 Å². The highest BCUT2D eigenvalue weighted by molar-refractivity contribution is 5.96. The lowest BCUT2D eigenvalue weighted by molar-refractivity contribution is -0.121. The van der Waals surface area contributed by atoms with Crippen LogP contribution in [0.3, 0.4) is 0 Å². The van der Waals surface area contributed by atoms with Gasteiger partial charge in [0.1, 0.15) is 5.82 Å². The number of nitrogens with two attached hydrogens (primary N) is 1. The van der Waals surface area contributed by atoms with Crippen molar-refractivity contribution in [3.63, 3.8) is 0 Å². The third-order valence-corrected chi connectivity index (χ3v) is 3.82. The molecule has 0 aromatic heterocycles. The van der Waals surface area contributed by atoms with Crippen molar-refractivity contribution in [1.29, 1.82) is 0 Å². The van der Waals surface area contributed by atoms with Crippen molar-refractivity contribution in [2.75, 3.05) is 11.1 Å². The fourth-order valence-corrected chi connectivity index (χ4v) is 2.58. The van der Waals surface area contributed by atoms with Crippen molar-refractivity contribution in [1.82, 2.24) is 0 Å². The lowest BCUT2D eigenvalue weighted by atomic mass is 9.89. The Morgan fingerprint density at radius 2 is 2.00 bits per heavy atom. The van der Waals surface area contributed by atoms with Crippen LogP contribution in [0.1, 0.15) is 20.8 Å². The van der Waals surface area contributed by atoms with E-state index in [1.165, 1.54) is 18.2 Å². The first kappa shape index (κ1) is 13.8. The molecular formula is C14H19FN2O2. The Balaban J connectivity index is 2.13. The van der Waals surface area contributed by atoms with Crippen LogP contribution in [0.4, 0.5) is 15.8 Å². The van der Waals surface area contributed by atoms with Crippen molar-refractivity contribution >= 4 is 17.3 Å². The highest BCUT2D eigenvalue weighted by Gasteiger charge is 2.41.